The van der Waals surface area contributed by atoms with Gasteiger partial charge in [0.25, 0.3) is 0 Å². The number of hydrogen-bond acceptors (Lipinski definition) is 3. The van der Waals surface area contributed by atoms with Crippen LogP contribution in [0.4, 0.5) is 5.69 Å². The predicted octanol–water partition coefficient (Wildman–Crippen LogP) is 1.90. The lowest BCUT2D eigenvalue weighted by molar-refractivity contribution is 0.256. The Hall–Kier alpha value is -1.75. The molecule has 1 saturated heterocycles. The topological polar surface area (TPSA) is 56.9 Å². The molecule has 1 aromatic rings. The molecule has 1 heterocycles. The molecular weight excluding hydrogens is 286 g/mol. The minimum Gasteiger partial charge on any atom is -0.370 e. The minimum atomic E-state index is 0.590. The molecule has 0 bridgehead atoms. The zero-order valence-electron chi connectivity index (χ0n) is 14.4. The van der Waals surface area contributed by atoms with Crippen molar-refractivity contribution in [3.05, 3.63) is 30.3 Å². The van der Waals surface area contributed by atoms with Gasteiger partial charge in [0, 0.05) is 51.5 Å². The van der Waals surface area contributed by atoms with Gasteiger partial charge >= 0.3 is 0 Å². The molecule has 0 unspecified atom stereocenters. The molecule has 5 heteroatoms. The number of nitrogens with two attached hydrogens (primary N) is 1. The van der Waals surface area contributed by atoms with E-state index in [2.05, 4.69) is 57.4 Å². The number of benzene rings is 1. The molecule has 3 N–H and O–H groups in total. The number of unbranched alkanes of at least 4 members (excludes halogenated alkanes) is 1. The third-order valence-corrected chi connectivity index (χ3v) is 4.24. The van der Waals surface area contributed by atoms with Gasteiger partial charge in [0.1, 0.15) is 0 Å². The van der Waals surface area contributed by atoms with E-state index in [0.717, 1.165) is 58.7 Å². The first-order valence-corrected chi connectivity index (χ1v) is 8.85. The lowest BCUT2D eigenvalue weighted by Gasteiger charge is -2.36. The van der Waals surface area contributed by atoms with Gasteiger partial charge in [-0.1, -0.05) is 31.5 Å². The molecule has 0 aromatic heterocycles. The molecule has 1 aliphatic rings. The number of piperazine rings is 1. The van der Waals surface area contributed by atoms with Gasteiger partial charge in [0.15, 0.2) is 5.96 Å². The van der Waals surface area contributed by atoms with Crippen LogP contribution in [-0.4, -0.2) is 56.7 Å². The molecule has 0 spiro atoms. The van der Waals surface area contributed by atoms with Crippen LogP contribution in [0.15, 0.2) is 35.3 Å². The van der Waals surface area contributed by atoms with Crippen molar-refractivity contribution in [1.82, 2.24) is 10.2 Å². The molecule has 0 radical (unpaired) electrons. The Morgan fingerprint density at radius 2 is 1.87 bits per heavy atom. The second kappa shape index (κ2) is 10.1. The van der Waals surface area contributed by atoms with Gasteiger partial charge in [0.05, 0.1) is 0 Å². The van der Waals surface area contributed by atoms with E-state index >= 15 is 0 Å². The van der Waals surface area contributed by atoms with Crippen LogP contribution < -0.4 is 16.0 Å². The molecule has 0 aliphatic carbocycles. The summed E-state index contributed by atoms with van der Waals surface area (Å²) in [5, 5.41) is 3.15. The molecule has 0 amide bonds. The second-order valence-electron chi connectivity index (χ2n) is 6.07. The van der Waals surface area contributed by atoms with Crippen molar-refractivity contribution in [3.8, 4) is 0 Å². The van der Waals surface area contributed by atoms with Crippen molar-refractivity contribution in [2.75, 3.05) is 50.7 Å². The summed E-state index contributed by atoms with van der Waals surface area (Å²) >= 11 is 0. The molecule has 23 heavy (non-hydrogen) atoms. The zero-order valence-corrected chi connectivity index (χ0v) is 14.4. The number of anilines is 1. The molecular formula is C18H31N5. The highest BCUT2D eigenvalue weighted by molar-refractivity contribution is 5.77. The predicted molar refractivity (Wildman–Crippen MR) is 99.1 cm³/mol. The van der Waals surface area contributed by atoms with Crippen molar-refractivity contribution in [3.63, 3.8) is 0 Å². The number of nitrogens with zero attached hydrogens (tertiary/aromatic N) is 3. The summed E-state index contributed by atoms with van der Waals surface area (Å²) in [6, 6.07) is 10.7. The number of para-hydroxylation sites is 1. The lowest BCUT2D eigenvalue weighted by Crippen LogP contribution is -2.46. The monoisotopic (exact) mass is 317 g/mol. The van der Waals surface area contributed by atoms with E-state index in [1.54, 1.807) is 0 Å². The van der Waals surface area contributed by atoms with Crippen LogP contribution in [0.3, 0.4) is 0 Å². The SMILES string of the molecule is CCCCNC(N)=NCCCN1CCN(c2ccccc2)CC1. The molecule has 5 nitrogen and oxygen atoms in total. The molecule has 1 aromatic carbocycles. The van der Waals surface area contributed by atoms with Crippen molar-refractivity contribution >= 4 is 11.6 Å². The van der Waals surface area contributed by atoms with Crippen LogP contribution in [0.5, 0.6) is 0 Å². The maximum atomic E-state index is 5.83. The van der Waals surface area contributed by atoms with E-state index < -0.39 is 0 Å². The fraction of sp³-hybridized carbons (Fsp3) is 0.611. The minimum absolute atomic E-state index is 0.590. The van der Waals surface area contributed by atoms with Crippen molar-refractivity contribution < 1.29 is 0 Å². The normalized spacial score (nSPS) is 16.6. The van der Waals surface area contributed by atoms with E-state index in [1.807, 2.05) is 0 Å². The van der Waals surface area contributed by atoms with Gasteiger partial charge in [-0.15, -0.1) is 0 Å². The first-order valence-electron chi connectivity index (χ1n) is 8.85. The molecule has 0 saturated carbocycles. The molecule has 128 valence electrons. The van der Waals surface area contributed by atoms with Crippen LogP contribution in [0.1, 0.15) is 26.2 Å². The quantitative estimate of drug-likeness (QED) is 0.437. The Kier molecular flexibility index (Phi) is 7.73. The number of aliphatic imine (C=N–C) groups is 1. The average Bonchev–Trinajstić information content (AvgIpc) is 2.60. The Labute approximate surface area is 140 Å². The summed E-state index contributed by atoms with van der Waals surface area (Å²) < 4.78 is 0. The Morgan fingerprint density at radius 1 is 1.13 bits per heavy atom. The van der Waals surface area contributed by atoms with Crippen LogP contribution in [0.25, 0.3) is 0 Å². The van der Waals surface area contributed by atoms with Gasteiger partial charge in [0.2, 0.25) is 0 Å². The van der Waals surface area contributed by atoms with E-state index in [-0.39, 0.29) is 0 Å². The standard InChI is InChI=1S/C18H31N5/c1-2-3-10-20-18(19)21-11-7-12-22-13-15-23(16-14-22)17-8-5-4-6-9-17/h4-6,8-9H,2-3,7,10-16H2,1H3,(H3,19,20,21). The summed E-state index contributed by atoms with van der Waals surface area (Å²) in [6.07, 6.45) is 3.39. The smallest absolute Gasteiger partial charge is 0.188 e. The van der Waals surface area contributed by atoms with Gasteiger partial charge in [-0.3, -0.25) is 9.89 Å². The van der Waals surface area contributed by atoms with Gasteiger partial charge in [-0.25, -0.2) is 0 Å². The molecule has 2 rings (SSSR count). The summed E-state index contributed by atoms with van der Waals surface area (Å²) in [6.45, 7) is 9.48. The van der Waals surface area contributed by atoms with E-state index in [1.165, 1.54) is 12.1 Å². The highest BCUT2D eigenvalue weighted by Gasteiger charge is 2.16. The largest absolute Gasteiger partial charge is 0.370 e. The van der Waals surface area contributed by atoms with Crippen molar-refractivity contribution in [2.45, 2.75) is 26.2 Å². The fourth-order valence-electron chi connectivity index (χ4n) is 2.81. The molecule has 0 atom stereocenters. The maximum Gasteiger partial charge on any atom is 0.188 e. The van der Waals surface area contributed by atoms with Gasteiger partial charge in [-0.05, 0) is 25.0 Å². The summed E-state index contributed by atoms with van der Waals surface area (Å²) in [7, 11) is 0. The fourth-order valence-corrected chi connectivity index (χ4v) is 2.81. The Balaban J connectivity index is 1.59. The van der Waals surface area contributed by atoms with E-state index in [9.17, 15) is 0 Å². The van der Waals surface area contributed by atoms with Crippen LogP contribution in [0, 0.1) is 0 Å². The van der Waals surface area contributed by atoms with E-state index in [4.69, 9.17) is 5.73 Å². The van der Waals surface area contributed by atoms with Gasteiger partial charge < -0.3 is 16.0 Å². The Morgan fingerprint density at radius 3 is 2.57 bits per heavy atom. The first kappa shape index (κ1) is 17.6. The summed E-state index contributed by atoms with van der Waals surface area (Å²) in [5.41, 5.74) is 7.17. The van der Waals surface area contributed by atoms with E-state index in [0.29, 0.717) is 5.96 Å². The Bertz CT molecular complexity index is 452. The second-order valence-corrected chi connectivity index (χ2v) is 6.07. The lowest BCUT2D eigenvalue weighted by atomic mass is 10.2. The number of hydrogen-bond donors (Lipinski definition) is 2. The molecule has 1 fully saturated rings. The van der Waals surface area contributed by atoms with Gasteiger partial charge in [-0.2, -0.15) is 0 Å². The summed E-state index contributed by atoms with van der Waals surface area (Å²) in [5.74, 6) is 0.590. The third-order valence-electron chi connectivity index (χ3n) is 4.24. The molecule has 1 aliphatic heterocycles. The maximum absolute atomic E-state index is 5.83. The number of rotatable bonds is 8. The zero-order chi connectivity index (χ0) is 16.3. The number of guanidine groups is 1. The van der Waals surface area contributed by atoms with Crippen molar-refractivity contribution in [1.29, 1.82) is 0 Å². The highest BCUT2D eigenvalue weighted by Crippen LogP contribution is 2.15. The van der Waals surface area contributed by atoms with Crippen LogP contribution >= 0.6 is 0 Å². The highest BCUT2D eigenvalue weighted by atomic mass is 15.3. The van der Waals surface area contributed by atoms with Crippen LogP contribution in [-0.2, 0) is 0 Å². The third kappa shape index (κ3) is 6.48. The summed E-state index contributed by atoms with van der Waals surface area (Å²) in [4.78, 5) is 9.38. The van der Waals surface area contributed by atoms with Crippen molar-refractivity contribution in [2.24, 2.45) is 10.7 Å². The first-order chi connectivity index (χ1) is 11.3. The van der Waals surface area contributed by atoms with Crippen LogP contribution in [0.2, 0.25) is 0 Å². The number of nitrogens with one attached hydrogen (secondary N) is 1. The average molecular weight is 317 g/mol.